The van der Waals surface area contributed by atoms with Gasteiger partial charge in [0.25, 0.3) is 5.91 Å². The van der Waals surface area contributed by atoms with Crippen LogP contribution in [0.2, 0.25) is 0 Å². The summed E-state index contributed by atoms with van der Waals surface area (Å²) in [7, 11) is 0. The van der Waals surface area contributed by atoms with Crippen LogP contribution in [0.3, 0.4) is 0 Å². The smallest absolute Gasteiger partial charge is 0.251 e. The van der Waals surface area contributed by atoms with Gasteiger partial charge in [0.1, 0.15) is 0 Å². The lowest BCUT2D eigenvalue weighted by atomic mass is 10.0. The summed E-state index contributed by atoms with van der Waals surface area (Å²) in [4.78, 5) is 20.8. The lowest BCUT2D eigenvalue weighted by Gasteiger charge is -2.37. The van der Waals surface area contributed by atoms with Crippen molar-refractivity contribution in [2.24, 2.45) is 0 Å². The topological polar surface area (TPSA) is 54.5 Å². The van der Waals surface area contributed by atoms with E-state index in [1.807, 2.05) is 55.9 Å². The summed E-state index contributed by atoms with van der Waals surface area (Å²) >= 11 is 1.64. The number of nitrogens with zero attached hydrogens (tertiary/aromatic N) is 2. The molecule has 2 heterocycles. The molecule has 0 radical (unpaired) electrons. The molecule has 0 aliphatic carbocycles. The summed E-state index contributed by atoms with van der Waals surface area (Å²) in [5, 5.41) is 3.18. The zero-order valence-electron chi connectivity index (χ0n) is 19.0. The predicted octanol–water partition coefficient (Wildman–Crippen LogP) is 5.01. The van der Waals surface area contributed by atoms with Crippen molar-refractivity contribution >= 4 is 17.2 Å². The van der Waals surface area contributed by atoms with Crippen molar-refractivity contribution in [3.8, 4) is 0 Å². The van der Waals surface area contributed by atoms with Gasteiger partial charge in [-0.05, 0) is 43.4 Å². The summed E-state index contributed by atoms with van der Waals surface area (Å²) < 4.78 is 6.10. The molecule has 1 saturated heterocycles. The quantitative estimate of drug-likeness (QED) is 0.516. The first-order valence-corrected chi connectivity index (χ1v) is 11.9. The number of carbonyl (C=O) groups is 1. The fourth-order valence-electron chi connectivity index (χ4n) is 4.14. The number of benzene rings is 1. The van der Waals surface area contributed by atoms with Crippen molar-refractivity contribution in [1.82, 2.24) is 15.2 Å². The minimum Gasteiger partial charge on any atom is -0.373 e. The molecule has 0 bridgehead atoms. The summed E-state index contributed by atoms with van der Waals surface area (Å²) in [6, 6.07) is 6.06. The minimum absolute atomic E-state index is 0.0145. The Labute approximate surface area is 195 Å². The molecule has 1 amide bonds. The highest BCUT2D eigenvalue weighted by Crippen LogP contribution is 2.28. The summed E-state index contributed by atoms with van der Waals surface area (Å²) in [6.45, 7) is 14.5. The molecule has 0 saturated carbocycles. The minimum atomic E-state index is -0.0145. The van der Waals surface area contributed by atoms with Gasteiger partial charge in [0.2, 0.25) is 0 Å². The van der Waals surface area contributed by atoms with Crippen LogP contribution in [0.1, 0.15) is 45.2 Å². The average Bonchev–Trinajstić information content (AvgIpc) is 3.32. The highest BCUT2D eigenvalue weighted by molar-refractivity contribution is 7.09. The van der Waals surface area contributed by atoms with Crippen molar-refractivity contribution in [3.05, 3.63) is 88.4 Å². The molecule has 0 spiro atoms. The van der Waals surface area contributed by atoms with Gasteiger partial charge in [0.15, 0.2) is 0 Å². The molecule has 2 aromatic rings. The van der Waals surface area contributed by atoms with Gasteiger partial charge in [-0.15, -0.1) is 11.3 Å². The molecule has 1 N–H and O–H groups in total. The van der Waals surface area contributed by atoms with Crippen LogP contribution < -0.4 is 5.32 Å². The molecular formula is C26H33N3O2S. The lowest BCUT2D eigenvalue weighted by Crippen LogP contribution is -2.43. The molecule has 1 aliphatic rings. The Kier molecular flexibility index (Phi) is 8.97. The second kappa shape index (κ2) is 11.9. The van der Waals surface area contributed by atoms with Crippen LogP contribution in [0.15, 0.2) is 66.9 Å². The molecular weight excluding hydrogens is 418 g/mol. The molecule has 3 rings (SSSR count). The van der Waals surface area contributed by atoms with Crippen molar-refractivity contribution in [3.63, 3.8) is 0 Å². The first-order chi connectivity index (χ1) is 15.5. The number of ether oxygens (including phenoxy) is 1. The monoisotopic (exact) mass is 451 g/mol. The molecule has 1 aliphatic heterocycles. The van der Waals surface area contributed by atoms with Crippen molar-refractivity contribution in [1.29, 1.82) is 0 Å². The number of rotatable bonds is 10. The first kappa shape index (κ1) is 24.1. The first-order valence-electron chi connectivity index (χ1n) is 11.1. The van der Waals surface area contributed by atoms with Crippen LogP contribution in [0.25, 0.3) is 0 Å². The van der Waals surface area contributed by atoms with E-state index < -0.39 is 0 Å². The van der Waals surface area contributed by atoms with Crippen LogP contribution in [0.4, 0.5) is 0 Å². The third-order valence-corrected chi connectivity index (χ3v) is 6.82. The largest absolute Gasteiger partial charge is 0.373 e. The van der Waals surface area contributed by atoms with E-state index in [2.05, 4.69) is 28.4 Å². The number of allylic oxidation sites excluding steroid dienone is 2. The number of piperidine rings is 1. The van der Waals surface area contributed by atoms with Crippen LogP contribution in [0.5, 0.6) is 0 Å². The fraction of sp³-hybridized carbons (Fsp3) is 0.385. The highest BCUT2D eigenvalue weighted by atomic mass is 32.1. The van der Waals surface area contributed by atoms with E-state index in [0.717, 1.165) is 48.2 Å². The number of carbonyl (C=O) groups excluding carboxylic acids is 1. The number of amides is 1. The molecule has 6 heteroatoms. The molecule has 5 nitrogen and oxygen atoms in total. The Morgan fingerprint density at radius 3 is 2.62 bits per heavy atom. The van der Waals surface area contributed by atoms with Gasteiger partial charge < -0.3 is 10.1 Å². The van der Waals surface area contributed by atoms with Crippen LogP contribution in [-0.4, -0.2) is 48.1 Å². The SMILES string of the molecule is C=C/C=C(\C=C)COC1CCN(C(CNC(=O)c2c(C)cccc2C)c2cncs2)CC1. The third kappa shape index (κ3) is 6.25. The van der Waals surface area contributed by atoms with E-state index in [1.54, 1.807) is 17.4 Å². The van der Waals surface area contributed by atoms with E-state index in [0.29, 0.717) is 13.2 Å². The van der Waals surface area contributed by atoms with Gasteiger partial charge in [-0.25, -0.2) is 0 Å². The summed E-state index contributed by atoms with van der Waals surface area (Å²) in [5.41, 5.74) is 5.67. The molecule has 1 aromatic carbocycles. The second-order valence-corrected chi connectivity index (χ2v) is 9.04. The predicted molar refractivity (Wildman–Crippen MR) is 132 cm³/mol. The molecule has 1 aromatic heterocycles. The molecule has 170 valence electrons. The van der Waals surface area contributed by atoms with E-state index in [9.17, 15) is 4.79 Å². The van der Waals surface area contributed by atoms with Gasteiger partial charge in [0, 0.05) is 36.3 Å². The van der Waals surface area contributed by atoms with Crippen molar-refractivity contribution in [2.75, 3.05) is 26.2 Å². The summed E-state index contributed by atoms with van der Waals surface area (Å²) in [6.07, 6.45) is 9.56. The number of aromatic nitrogens is 1. The Morgan fingerprint density at radius 1 is 1.31 bits per heavy atom. The van der Waals surface area contributed by atoms with Crippen molar-refractivity contribution < 1.29 is 9.53 Å². The Bertz CT molecular complexity index is 924. The van der Waals surface area contributed by atoms with Gasteiger partial charge in [0.05, 0.1) is 24.3 Å². The van der Waals surface area contributed by atoms with Gasteiger partial charge in [-0.2, -0.15) is 0 Å². The number of aryl methyl sites for hydroxylation is 2. The van der Waals surface area contributed by atoms with E-state index in [-0.39, 0.29) is 18.1 Å². The molecule has 32 heavy (non-hydrogen) atoms. The van der Waals surface area contributed by atoms with E-state index in [4.69, 9.17) is 4.74 Å². The maximum Gasteiger partial charge on any atom is 0.251 e. The lowest BCUT2D eigenvalue weighted by molar-refractivity contribution is 0.00895. The Morgan fingerprint density at radius 2 is 2.03 bits per heavy atom. The van der Waals surface area contributed by atoms with E-state index in [1.165, 1.54) is 4.88 Å². The number of nitrogens with one attached hydrogen (secondary N) is 1. The number of thiazole rings is 1. The number of hydrogen-bond donors (Lipinski definition) is 1. The zero-order chi connectivity index (χ0) is 22.9. The van der Waals surface area contributed by atoms with Crippen LogP contribution in [-0.2, 0) is 4.74 Å². The van der Waals surface area contributed by atoms with Crippen LogP contribution in [0, 0.1) is 13.8 Å². The van der Waals surface area contributed by atoms with Crippen LogP contribution >= 0.6 is 11.3 Å². The molecule has 1 atom stereocenters. The van der Waals surface area contributed by atoms with Gasteiger partial charge in [-0.3, -0.25) is 14.7 Å². The highest BCUT2D eigenvalue weighted by Gasteiger charge is 2.28. The van der Waals surface area contributed by atoms with Gasteiger partial charge >= 0.3 is 0 Å². The van der Waals surface area contributed by atoms with Crippen molar-refractivity contribution in [2.45, 2.75) is 38.8 Å². The van der Waals surface area contributed by atoms with Gasteiger partial charge in [-0.1, -0.05) is 49.6 Å². The molecule has 1 fully saturated rings. The Balaban J connectivity index is 1.60. The third-order valence-electron chi connectivity index (χ3n) is 5.94. The standard InChI is InChI=1S/C26H33N3O2S/c1-5-8-21(6-2)17-31-22-11-13-29(14-12-22)23(24-16-27-18-32-24)15-28-26(30)25-19(3)9-7-10-20(25)4/h5-10,16,18,22-23H,1-2,11-15,17H2,3-4H3,(H,28,30)/b21-8+. The normalized spacial score (nSPS) is 16.5. The zero-order valence-corrected chi connectivity index (χ0v) is 19.9. The average molecular weight is 452 g/mol. The number of likely N-dealkylation sites (tertiary alicyclic amines) is 1. The number of hydrogen-bond acceptors (Lipinski definition) is 5. The van der Waals surface area contributed by atoms with E-state index >= 15 is 0 Å². The maximum atomic E-state index is 12.9. The maximum absolute atomic E-state index is 12.9. The second-order valence-electron chi connectivity index (χ2n) is 8.12. The summed E-state index contributed by atoms with van der Waals surface area (Å²) in [5.74, 6) is -0.0145. The fourth-order valence-corrected chi connectivity index (χ4v) is 4.90. The molecule has 1 unspecified atom stereocenters. The Hall–Kier alpha value is -2.54.